The van der Waals surface area contributed by atoms with Gasteiger partial charge in [-0.05, 0) is 20.2 Å². The third-order valence-electron chi connectivity index (χ3n) is 1.73. The Morgan fingerprint density at radius 2 is 2.18 bits per heavy atom. The molecule has 2 atom stereocenters. The minimum Gasteiger partial charge on any atom is -0.633 e. The zero-order valence-electron chi connectivity index (χ0n) is 7.63. The van der Waals surface area contributed by atoms with E-state index in [1.165, 1.54) is 0 Å². The Bertz CT molecular complexity index is 115. The van der Waals surface area contributed by atoms with Crippen molar-refractivity contribution in [3.05, 3.63) is 17.9 Å². The van der Waals surface area contributed by atoms with Gasteiger partial charge in [-0.2, -0.15) is 0 Å². The fourth-order valence-corrected chi connectivity index (χ4v) is 1.16. The molecule has 0 saturated carbocycles. The highest BCUT2D eigenvalue weighted by Gasteiger charge is 2.13. The molecule has 0 bridgehead atoms. The Balaban J connectivity index is 3.90. The molecular formula is C8H18N2O. The Kier molecular flexibility index (Phi) is 5.11. The fourth-order valence-electron chi connectivity index (χ4n) is 1.16. The second-order valence-electron chi connectivity index (χ2n) is 2.85. The van der Waals surface area contributed by atoms with E-state index in [0.29, 0.717) is 6.54 Å². The molecule has 0 aliphatic rings. The van der Waals surface area contributed by atoms with Crippen LogP contribution in [0.25, 0.3) is 0 Å². The lowest BCUT2D eigenvalue weighted by Crippen LogP contribution is -3.12. The molecule has 0 aliphatic carbocycles. The highest BCUT2D eigenvalue weighted by molar-refractivity contribution is 4.64. The standard InChI is InChI=1S/C8H18N2O/c1-5-7-10(11)8(6-2)9(3)4/h5,8,10H,1,6-7H2,2-4H3. The van der Waals surface area contributed by atoms with Crippen molar-refractivity contribution in [1.82, 2.24) is 4.90 Å². The first-order valence-electron chi connectivity index (χ1n) is 3.93. The predicted octanol–water partition coefficient (Wildman–Crippen LogP) is -0.147. The third-order valence-corrected chi connectivity index (χ3v) is 1.73. The van der Waals surface area contributed by atoms with Crippen LogP contribution in [0.4, 0.5) is 0 Å². The van der Waals surface area contributed by atoms with Crippen molar-refractivity contribution < 1.29 is 5.06 Å². The van der Waals surface area contributed by atoms with E-state index in [9.17, 15) is 5.21 Å². The molecule has 0 aromatic heterocycles. The summed E-state index contributed by atoms with van der Waals surface area (Å²) in [5, 5.41) is 11.6. The van der Waals surface area contributed by atoms with Crippen LogP contribution in [0.5, 0.6) is 0 Å². The van der Waals surface area contributed by atoms with E-state index < -0.39 is 0 Å². The summed E-state index contributed by atoms with van der Waals surface area (Å²) in [6.07, 6.45) is 2.60. The number of nitrogens with one attached hydrogen (secondary N) is 1. The molecule has 66 valence electrons. The SMILES string of the molecule is C=CC[NH+]([O-])C(CC)N(C)C. The smallest absolute Gasteiger partial charge is 0.143 e. The molecular weight excluding hydrogens is 140 g/mol. The molecule has 0 saturated heterocycles. The maximum absolute atomic E-state index is 11.3. The maximum atomic E-state index is 11.3. The minimum atomic E-state index is 0.0630. The zero-order chi connectivity index (χ0) is 8.85. The second-order valence-corrected chi connectivity index (χ2v) is 2.85. The molecule has 0 aromatic rings. The molecule has 3 heteroatoms. The average molecular weight is 158 g/mol. The molecule has 0 aromatic carbocycles. The quantitative estimate of drug-likeness (QED) is 0.343. The number of nitrogens with zero attached hydrogens (tertiary/aromatic N) is 1. The van der Waals surface area contributed by atoms with E-state index in [1.54, 1.807) is 6.08 Å². The van der Waals surface area contributed by atoms with Gasteiger partial charge in [0.2, 0.25) is 0 Å². The van der Waals surface area contributed by atoms with Crippen molar-refractivity contribution in [2.75, 3.05) is 20.6 Å². The topological polar surface area (TPSA) is 30.7 Å². The summed E-state index contributed by atoms with van der Waals surface area (Å²) in [5.74, 6) is 0. The number of hydrogen-bond donors (Lipinski definition) is 1. The van der Waals surface area contributed by atoms with Crippen LogP contribution in [0.2, 0.25) is 0 Å². The van der Waals surface area contributed by atoms with Crippen LogP contribution in [-0.4, -0.2) is 31.7 Å². The van der Waals surface area contributed by atoms with Crippen molar-refractivity contribution in [2.24, 2.45) is 0 Å². The molecule has 0 fully saturated rings. The summed E-state index contributed by atoms with van der Waals surface area (Å²) in [6, 6.07) is 0. The third kappa shape index (κ3) is 3.51. The number of hydrogen-bond acceptors (Lipinski definition) is 2. The molecule has 0 heterocycles. The van der Waals surface area contributed by atoms with Crippen molar-refractivity contribution >= 4 is 0 Å². The molecule has 3 nitrogen and oxygen atoms in total. The second kappa shape index (κ2) is 5.29. The van der Waals surface area contributed by atoms with E-state index >= 15 is 0 Å². The Hall–Kier alpha value is -0.380. The normalized spacial score (nSPS) is 16.5. The Morgan fingerprint density at radius 1 is 1.64 bits per heavy atom. The first kappa shape index (κ1) is 10.6. The molecule has 1 N–H and O–H groups in total. The lowest BCUT2D eigenvalue weighted by molar-refractivity contribution is -0.882. The highest BCUT2D eigenvalue weighted by atomic mass is 16.5. The van der Waals surface area contributed by atoms with Gasteiger partial charge >= 0.3 is 0 Å². The van der Waals surface area contributed by atoms with Gasteiger partial charge in [0.25, 0.3) is 0 Å². The maximum Gasteiger partial charge on any atom is 0.143 e. The molecule has 0 radical (unpaired) electrons. The molecule has 0 spiro atoms. The van der Waals surface area contributed by atoms with Crippen LogP contribution in [0.3, 0.4) is 0 Å². The lowest BCUT2D eigenvalue weighted by atomic mass is 10.3. The summed E-state index contributed by atoms with van der Waals surface area (Å²) in [6.45, 7) is 6.04. The number of rotatable bonds is 5. The van der Waals surface area contributed by atoms with Gasteiger partial charge in [0, 0.05) is 6.42 Å². The van der Waals surface area contributed by atoms with Gasteiger partial charge in [0.05, 0.1) is 6.54 Å². The van der Waals surface area contributed by atoms with Gasteiger partial charge in [-0.15, -0.1) is 0 Å². The zero-order valence-corrected chi connectivity index (χ0v) is 7.63. The largest absolute Gasteiger partial charge is 0.633 e. The first-order valence-corrected chi connectivity index (χ1v) is 3.93. The Morgan fingerprint density at radius 3 is 2.45 bits per heavy atom. The fraction of sp³-hybridized carbons (Fsp3) is 0.750. The highest BCUT2D eigenvalue weighted by Crippen LogP contribution is 1.88. The molecule has 0 aliphatic heterocycles. The van der Waals surface area contributed by atoms with E-state index in [2.05, 4.69) is 6.58 Å². The number of hydroxylamine groups is 2. The van der Waals surface area contributed by atoms with Crippen LogP contribution in [0.15, 0.2) is 12.7 Å². The lowest BCUT2D eigenvalue weighted by Gasteiger charge is -2.34. The average Bonchev–Trinajstić information content (AvgIpc) is 1.88. The molecule has 0 rings (SSSR count). The summed E-state index contributed by atoms with van der Waals surface area (Å²) >= 11 is 0. The van der Waals surface area contributed by atoms with Gasteiger partial charge in [-0.3, -0.25) is 4.90 Å². The van der Waals surface area contributed by atoms with Crippen LogP contribution in [-0.2, 0) is 0 Å². The van der Waals surface area contributed by atoms with Gasteiger partial charge in [-0.25, -0.2) is 0 Å². The van der Waals surface area contributed by atoms with E-state index in [1.807, 2.05) is 25.9 Å². The molecule has 0 amide bonds. The van der Waals surface area contributed by atoms with E-state index in [0.717, 1.165) is 6.42 Å². The predicted molar refractivity (Wildman–Crippen MR) is 47.2 cm³/mol. The van der Waals surface area contributed by atoms with Crippen LogP contribution in [0.1, 0.15) is 13.3 Å². The van der Waals surface area contributed by atoms with Gasteiger partial charge in [-0.1, -0.05) is 13.5 Å². The van der Waals surface area contributed by atoms with E-state index in [4.69, 9.17) is 0 Å². The van der Waals surface area contributed by atoms with E-state index in [-0.39, 0.29) is 11.2 Å². The minimum absolute atomic E-state index is 0.0630. The van der Waals surface area contributed by atoms with Gasteiger partial charge in [0.1, 0.15) is 6.17 Å². The van der Waals surface area contributed by atoms with Crippen molar-refractivity contribution in [3.63, 3.8) is 0 Å². The van der Waals surface area contributed by atoms with Gasteiger partial charge in [0.15, 0.2) is 0 Å². The summed E-state index contributed by atoms with van der Waals surface area (Å²) in [4.78, 5) is 1.95. The Labute approximate surface area is 68.9 Å². The van der Waals surface area contributed by atoms with Crippen LogP contribution >= 0.6 is 0 Å². The monoisotopic (exact) mass is 158 g/mol. The molecule has 11 heavy (non-hydrogen) atoms. The van der Waals surface area contributed by atoms with Crippen LogP contribution < -0.4 is 5.06 Å². The summed E-state index contributed by atoms with van der Waals surface area (Å²) in [5.41, 5.74) is 0. The summed E-state index contributed by atoms with van der Waals surface area (Å²) in [7, 11) is 3.85. The van der Waals surface area contributed by atoms with Crippen molar-refractivity contribution in [2.45, 2.75) is 19.5 Å². The first-order chi connectivity index (χ1) is 5.13. The van der Waals surface area contributed by atoms with Gasteiger partial charge < -0.3 is 10.3 Å². The molecule has 2 unspecified atom stereocenters. The van der Waals surface area contributed by atoms with Crippen molar-refractivity contribution in [1.29, 1.82) is 0 Å². The number of quaternary nitrogens is 1. The summed E-state index contributed by atoms with van der Waals surface area (Å²) < 4.78 is 0. The van der Waals surface area contributed by atoms with Crippen LogP contribution in [0, 0.1) is 5.21 Å². The van der Waals surface area contributed by atoms with Crippen molar-refractivity contribution in [3.8, 4) is 0 Å².